The van der Waals surface area contributed by atoms with E-state index in [0.717, 1.165) is 20.1 Å². The molecule has 0 bridgehead atoms. The molecule has 0 atom stereocenters. The highest BCUT2D eigenvalue weighted by atomic mass is 32.2. The van der Waals surface area contributed by atoms with Gasteiger partial charge in [0.25, 0.3) is 0 Å². The summed E-state index contributed by atoms with van der Waals surface area (Å²) in [6.07, 6.45) is 0. The highest BCUT2D eigenvalue weighted by molar-refractivity contribution is 8.01. The van der Waals surface area contributed by atoms with Crippen LogP contribution < -0.4 is 5.32 Å². The molecule has 0 spiro atoms. The van der Waals surface area contributed by atoms with Gasteiger partial charge in [0.15, 0.2) is 4.34 Å². The second kappa shape index (κ2) is 9.44. The third-order valence-electron chi connectivity index (χ3n) is 4.62. The number of thioether (sulfide) groups is 1. The molecule has 1 amide bonds. The fraction of sp³-hybridized carbons (Fsp3) is 0.300. The minimum atomic E-state index is -3.50. The summed E-state index contributed by atoms with van der Waals surface area (Å²) in [7, 11) is -3.50. The average molecular weight is 464 g/mol. The van der Waals surface area contributed by atoms with Crippen LogP contribution in [0.3, 0.4) is 0 Å². The number of ether oxygens (including phenoxy) is 1. The second-order valence-corrected chi connectivity index (χ2v) is 10.9. The fourth-order valence-corrected chi connectivity index (χ4v) is 6.31. The zero-order valence-corrected chi connectivity index (χ0v) is 18.6. The van der Waals surface area contributed by atoms with Crippen molar-refractivity contribution < 1.29 is 17.9 Å². The number of hydrogen-bond acceptors (Lipinski definition) is 7. The van der Waals surface area contributed by atoms with Gasteiger partial charge in [-0.3, -0.25) is 4.79 Å². The van der Waals surface area contributed by atoms with Crippen LogP contribution in [0.1, 0.15) is 5.56 Å². The van der Waals surface area contributed by atoms with Crippen LogP contribution in [0.15, 0.2) is 57.8 Å². The number of hydrogen-bond donors (Lipinski definition) is 1. The summed E-state index contributed by atoms with van der Waals surface area (Å²) in [4.78, 5) is 16.9. The highest BCUT2D eigenvalue weighted by Crippen LogP contribution is 2.29. The molecule has 2 heterocycles. The fourth-order valence-electron chi connectivity index (χ4n) is 3.01. The number of fused-ring (bicyclic) bond motifs is 1. The van der Waals surface area contributed by atoms with Crippen LogP contribution in [-0.2, 0) is 26.1 Å². The van der Waals surface area contributed by atoms with Crippen molar-refractivity contribution >= 4 is 49.2 Å². The van der Waals surface area contributed by atoms with Crippen molar-refractivity contribution in [3.63, 3.8) is 0 Å². The molecule has 0 saturated carbocycles. The number of nitrogens with one attached hydrogen (secondary N) is 1. The van der Waals surface area contributed by atoms with Gasteiger partial charge in [-0.1, -0.05) is 36.0 Å². The summed E-state index contributed by atoms with van der Waals surface area (Å²) in [6, 6.07) is 14.5. The summed E-state index contributed by atoms with van der Waals surface area (Å²) < 4.78 is 33.9. The highest BCUT2D eigenvalue weighted by Gasteiger charge is 2.26. The summed E-state index contributed by atoms with van der Waals surface area (Å²) >= 11 is 2.98. The van der Waals surface area contributed by atoms with Crippen molar-refractivity contribution in [2.24, 2.45) is 0 Å². The van der Waals surface area contributed by atoms with Crippen LogP contribution in [0, 0.1) is 0 Å². The molecule has 0 aliphatic carbocycles. The second-order valence-electron chi connectivity index (χ2n) is 6.67. The monoisotopic (exact) mass is 463 g/mol. The van der Waals surface area contributed by atoms with E-state index in [9.17, 15) is 13.2 Å². The number of thiazole rings is 1. The summed E-state index contributed by atoms with van der Waals surface area (Å²) in [5.41, 5.74) is 1.78. The van der Waals surface area contributed by atoms with Gasteiger partial charge in [0.2, 0.25) is 15.9 Å². The molecule has 10 heteroatoms. The lowest BCUT2D eigenvalue weighted by molar-refractivity contribution is -0.118. The molecule has 1 saturated heterocycles. The standard InChI is InChI=1S/C20H21N3O4S3/c24-19(14-28-20-22-17-3-1-2-4-18(17)29-20)21-13-15-5-7-16(8-6-15)30(25,26)23-9-11-27-12-10-23/h1-8H,9-14H2,(H,21,24). The number of carbonyl (C=O) groups is 1. The van der Waals surface area contributed by atoms with Gasteiger partial charge >= 0.3 is 0 Å². The quantitative estimate of drug-likeness (QED) is 0.542. The lowest BCUT2D eigenvalue weighted by Gasteiger charge is -2.26. The Balaban J connectivity index is 1.28. The van der Waals surface area contributed by atoms with E-state index in [-0.39, 0.29) is 16.6 Å². The average Bonchev–Trinajstić information content (AvgIpc) is 3.20. The lowest BCUT2D eigenvalue weighted by Crippen LogP contribution is -2.40. The summed E-state index contributed by atoms with van der Waals surface area (Å²) in [5.74, 6) is 0.188. The van der Waals surface area contributed by atoms with Crippen LogP contribution in [-0.4, -0.2) is 55.7 Å². The number of morpholine rings is 1. The lowest BCUT2D eigenvalue weighted by atomic mass is 10.2. The maximum Gasteiger partial charge on any atom is 0.243 e. The van der Waals surface area contributed by atoms with E-state index in [1.165, 1.54) is 16.1 Å². The van der Waals surface area contributed by atoms with Gasteiger partial charge in [-0.15, -0.1) is 11.3 Å². The van der Waals surface area contributed by atoms with E-state index < -0.39 is 10.0 Å². The van der Waals surface area contributed by atoms with Crippen molar-refractivity contribution in [1.29, 1.82) is 0 Å². The van der Waals surface area contributed by atoms with E-state index in [4.69, 9.17) is 4.74 Å². The molecule has 158 valence electrons. The van der Waals surface area contributed by atoms with Gasteiger partial charge in [-0.25, -0.2) is 13.4 Å². The molecule has 0 radical (unpaired) electrons. The maximum atomic E-state index is 12.6. The van der Waals surface area contributed by atoms with Gasteiger partial charge < -0.3 is 10.1 Å². The van der Waals surface area contributed by atoms with Gasteiger partial charge in [-0.2, -0.15) is 4.31 Å². The van der Waals surface area contributed by atoms with E-state index >= 15 is 0 Å². The number of aromatic nitrogens is 1. The molecule has 2 aromatic carbocycles. The van der Waals surface area contributed by atoms with Gasteiger partial charge in [0.05, 0.1) is 34.1 Å². The molecule has 1 aliphatic heterocycles. The number of rotatable bonds is 7. The van der Waals surface area contributed by atoms with E-state index in [2.05, 4.69) is 10.3 Å². The Morgan fingerprint density at radius 3 is 2.60 bits per heavy atom. The smallest absolute Gasteiger partial charge is 0.243 e. The van der Waals surface area contributed by atoms with Gasteiger partial charge in [0.1, 0.15) is 0 Å². The van der Waals surface area contributed by atoms with Crippen LogP contribution in [0.2, 0.25) is 0 Å². The Labute approximate surface area is 183 Å². The first kappa shape index (κ1) is 21.3. The first-order valence-corrected chi connectivity index (χ1v) is 12.7. The third kappa shape index (κ3) is 5.01. The molecule has 3 aromatic rings. The van der Waals surface area contributed by atoms with Crippen LogP contribution in [0.5, 0.6) is 0 Å². The zero-order valence-electron chi connectivity index (χ0n) is 16.1. The first-order chi connectivity index (χ1) is 14.5. The van der Waals surface area contributed by atoms with Crippen molar-refractivity contribution in [2.75, 3.05) is 32.1 Å². The minimum absolute atomic E-state index is 0.0933. The summed E-state index contributed by atoms with van der Waals surface area (Å²) in [5, 5.41) is 2.87. The van der Waals surface area contributed by atoms with Crippen molar-refractivity contribution in [1.82, 2.24) is 14.6 Å². The largest absolute Gasteiger partial charge is 0.379 e. The number of para-hydroxylation sites is 1. The van der Waals surface area contributed by atoms with Crippen LogP contribution in [0.25, 0.3) is 10.2 Å². The molecule has 0 unspecified atom stereocenters. The van der Waals surface area contributed by atoms with Gasteiger partial charge in [-0.05, 0) is 29.8 Å². The Bertz CT molecular complexity index is 1090. The van der Waals surface area contributed by atoms with E-state index in [0.29, 0.717) is 32.8 Å². The zero-order chi connectivity index (χ0) is 21.0. The number of nitrogens with zero attached hydrogens (tertiary/aromatic N) is 2. The number of sulfonamides is 1. The predicted molar refractivity (Wildman–Crippen MR) is 118 cm³/mol. The van der Waals surface area contributed by atoms with Crippen LogP contribution in [0.4, 0.5) is 0 Å². The van der Waals surface area contributed by atoms with Crippen molar-refractivity contribution in [3.05, 3.63) is 54.1 Å². The Morgan fingerprint density at radius 2 is 1.87 bits per heavy atom. The Kier molecular flexibility index (Phi) is 6.69. The normalized spacial score (nSPS) is 15.3. The molecule has 30 heavy (non-hydrogen) atoms. The molecular formula is C20H21N3O4S3. The van der Waals surface area contributed by atoms with E-state index in [1.807, 2.05) is 24.3 Å². The summed E-state index contributed by atoms with van der Waals surface area (Å²) in [6.45, 7) is 1.91. The first-order valence-electron chi connectivity index (χ1n) is 9.44. The van der Waals surface area contributed by atoms with Gasteiger partial charge in [0, 0.05) is 19.6 Å². The molecule has 7 nitrogen and oxygen atoms in total. The van der Waals surface area contributed by atoms with Crippen LogP contribution >= 0.6 is 23.1 Å². The molecule has 1 aliphatic rings. The van der Waals surface area contributed by atoms with E-state index in [1.54, 1.807) is 35.6 Å². The predicted octanol–water partition coefficient (Wildman–Crippen LogP) is 2.73. The Morgan fingerprint density at radius 1 is 1.13 bits per heavy atom. The topological polar surface area (TPSA) is 88.6 Å². The molecule has 1 fully saturated rings. The third-order valence-corrected chi connectivity index (χ3v) is 8.71. The number of amides is 1. The maximum absolute atomic E-state index is 12.6. The van der Waals surface area contributed by atoms with Crippen molar-refractivity contribution in [3.8, 4) is 0 Å². The number of benzene rings is 2. The number of carbonyl (C=O) groups excluding carboxylic acids is 1. The minimum Gasteiger partial charge on any atom is -0.379 e. The SMILES string of the molecule is O=C(CSc1nc2ccccc2s1)NCc1ccc(S(=O)(=O)N2CCOCC2)cc1. The van der Waals surface area contributed by atoms with Crippen molar-refractivity contribution in [2.45, 2.75) is 15.8 Å². The molecular weight excluding hydrogens is 442 g/mol. The Hall–Kier alpha value is -1.98. The molecule has 1 N–H and O–H groups in total. The molecule has 1 aromatic heterocycles. The molecule has 4 rings (SSSR count).